The fraction of sp³-hybridized carbons (Fsp3) is 0.333. The molecule has 0 aromatic heterocycles. The molecule has 0 saturated heterocycles. The van der Waals surface area contributed by atoms with Crippen LogP contribution in [0.2, 0.25) is 19.6 Å². The van der Waals surface area contributed by atoms with Crippen molar-refractivity contribution in [1.29, 1.82) is 0 Å². The Bertz CT molecular complexity index is 935. The van der Waals surface area contributed by atoms with E-state index in [2.05, 4.69) is 19.6 Å². The van der Waals surface area contributed by atoms with Crippen LogP contribution in [0.4, 0.5) is 0 Å². The average molecular weight is 350 g/mol. The van der Waals surface area contributed by atoms with Crippen LogP contribution in [0.5, 0.6) is 5.75 Å². The quantitative estimate of drug-likeness (QED) is 0.682. The number of phenolic OH excluding ortho intramolecular Hbond substituents is 1. The van der Waals surface area contributed by atoms with E-state index in [0.717, 1.165) is 30.9 Å². The van der Waals surface area contributed by atoms with Crippen LogP contribution in [0, 0.1) is 0 Å². The molecule has 0 atom stereocenters. The third-order valence-electron chi connectivity index (χ3n) is 5.39. The molecule has 25 heavy (non-hydrogen) atoms. The van der Waals surface area contributed by atoms with Crippen LogP contribution in [-0.4, -0.2) is 24.7 Å². The molecule has 2 aliphatic rings. The first-order valence-corrected chi connectivity index (χ1v) is 12.4. The first-order chi connectivity index (χ1) is 11.8. The number of phenols is 1. The minimum atomic E-state index is -1.83. The van der Waals surface area contributed by atoms with E-state index in [-0.39, 0.29) is 22.9 Å². The van der Waals surface area contributed by atoms with Crippen LogP contribution in [0.15, 0.2) is 24.3 Å². The van der Waals surface area contributed by atoms with Gasteiger partial charge in [-0.3, -0.25) is 9.59 Å². The number of hydrogen-bond acceptors (Lipinski definition) is 3. The molecule has 2 aliphatic carbocycles. The van der Waals surface area contributed by atoms with Crippen molar-refractivity contribution in [3.05, 3.63) is 57.6 Å². The SMILES string of the molecule is C[Si](C)(C)c1c2c(cc3c1C(=O)c1cccc(O)c1C3=O)CCCC2. The normalized spacial score (nSPS) is 16.3. The van der Waals surface area contributed by atoms with Crippen LogP contribution >= 0.6 is 0 Å². The molecule has 4 heteroatoms. The molecule has 0 fully saturated rings. The second-order valence-electron chi connectivity index (χ2n) is 8.13. The summed E-state index contributed by atoms with van der Waals surface area (Å²) in [5.74, 6) is -0.421. The maximum absolute atomic E-state index is 13.3. The molecule has 0 saturated carbocycles. The summed E-state index contributed by atoms with van der Waals surface area (Å²) in [6, 6.07) is 6.71. The number of rotatable bonds is 1. The summed E-state index contributed by atoms with van der Waals surface area (Å²) in [6.07, 6.45) is 4.23. The summed E-state index contributed by atoms with van der Waals surface area (Å²) >= 11 is 0. The molecule has 0 radical (unpaired) electrons. The monoisotopic (exact) mass is 350 g/mol. The molecule has 2 aromatic rings. The van der Waals surface area contributed by atoms with Crippen molar-refractivity contribution in [3.63, 3.8) is 0 Å². The standard InChI is InChI=1S/C21H22O3Si/c1-25(2,3)21-13-8-5-4-7-12(13)11-15-18(21)19(23)14-9-6-10-16(22)17(14)20(15)24/h6,9-11,22H,4-5,7-8H2,1-3H3. The number of fused-ring (bicyclic) bond motifs is 3. The lowest BCUT2D eigenvalue weighted by Crippen LogP contribution is -2.47. The van der Waals surface area contributed by atoms with Crippen molar-refractivity contribution < 1.29 is 14.7 Å². The van der Waals surface area contributed by atoms with Gasteiger partial charge >= 0.3 is 0 Å². The zero-order chi connectivity index (χ0) is 17.9. The van der Waals surface area contributed by atoms with Crippen LogP contribution in [-0.2, 0) is 12.8 Å². The van der Waals surface area contributed by atoms with E-state index >= 15 is 0 Å². The summed E-state index contributed by atoms with van der Waals surface area (Å²) in [6.45, 7) is 6.73. The molecule has 3 nitrogen and oxygen atoms in total. The van der Waals surface area contributed by atoms with Gasteiger partial charge in [0.05, 0.1) is 13.6 Å². The molecule has 4 rings (SSSR count). The van der Waals surface area contributed by atoms with Gasteiger partial charge in [0.25, 0.3) is 0 Å². The maximum atomic E-state index is 13.3. The van der Waals surface area contributed by atoms with Gasteiger partial charge in [0.15, 0.2) is 11.6 Å². The van der Waals surface area contributed by atoms with E-state index in [4.69, 9.17) is 0 Å². The number of carbonyl (C=O) groups is 2. The number of hydrogen-bond donors (Lipinski definition) is 1. The minimum Gasteiger partial charge on any atom is -0.507 e. The summed E-state index contributed by atoms with van der Waals surface area (Å²) in [4.78, 5) is 26.5. The smallest absolute Gasteiger partial charge is 0.198 e. The van der Waals surface area contributed by atoms with Gasteiger partial charge in [0.2, 0.25) is 0 Å². The predicted octanol–water partition coefficient (Wildman–Crippen LogP) is 3.59. The average Bonchev–Trinajstić information content (AvgIpc) is 2.56. The lowest BCUT2D eigenvalue weighted by Gasteiger charge is -2.32. The van der Waals surface area contributed by atoms with Gasteiger partial charge in [-0.15, -0.1) is 0 Å². The van der Waals surface area contributed by atoms with E-state index in [9.17, 15) is 14.7 Å². The van der Waals surface area contributed by atoms with Crippen LogP contribution in [0.3, 0.4) is 0 Å². The van der Waals surface area contributed by atoms with Crippen LogP contribution in [0.1, 0.15) is 55.8 Å². The molecule has 0 bridgehead atoms. The third-order valence-corrected chi connectivity index (χ3v) is 7.44. The number of benzene rings is 2. The number of aromatic hydroxyl groups is 1. The molecular weight excluding hydrogens is 328 g/mol. The van der Waals surface area contributed by atoms with Gasteiger partial charge in [-0.25, -0.2) is 0 Å². The molecule has 2 aromatic carbocycles. The molecule has 0 unspecified atom stereocenters. The van der Waals surface area contributed by atoms with Crippen molar-refractivity contribution in [1.82, 2.24) is 0 Å². The molecule has 0 aliphatic heterocycles. The second-order valence-corrected chi connectivity index (χ2v) is 13.1. The maximum Gasteiger partial charge on any atom is 0.198 e. The van der Waals surface area contributed by atoms with Crippen molar-refractivity contribution in [2.75, 3.05) is 0 Å². The first kappa shape index (κ1) is 16.3. The first-order valence-electron chi connectivity index (χ1n) is 8.91. The highest BCUT2D eigenvalue weighted by atomic mass is 28.3. The zero-order valence-electron chi connectivity index (χ0n) is 14.9. The van der Waals surface area contributed by atoms with E-state index in [1.54, 1.807) is 12.1 Å². The Hall–Kier alpha value is -2.20. The van der Waals surface area contributed by atoms with Gasteiger partial charge in [-0.2, -0.15) is 0 Å². The van der Waals surface area contributed by atoms with Gasteiger partial charge in [-0.05, 0) is 54.1 Å². The van der Waals surface area contributed by atoms with Gasteiger partial charge in [0.1, 0.15) is 5.75 Å². The summed E-state index contributed by atoms with van der Waals surface area (Å²) in [7, 11) is -1.83. The Morgan fingerprint density at radius 1 is 0.920 bits per heavy atom. The molecule has 0 amide bonds. The van der Waals surface area contributed by atoms with Gasteiger partial charge in [-0.1, -0.05) is 31.8 Å². The highest BCUT2D eigenvalue weighted by Crippen LogP contribution is 2.35. The Labute approximate surface area is 148 Å². The summed E-state index contributed by atoms with van der Waals surface area (Å²) < 4.78 is 0. The molecule has 0 spiro atoms. The van der Waals surface area contributed by atoms with Crippen LogP contribution in [0.25, 0.3) is 0 Å². The van der Waals surface area contributed by atoms with E-state index in [1.165, 1.54) is 17.2 Å². The topological polar surface area (TPSA) is 54.4 Å². The van der Waals surface area contributed by atoms with E-state index in [1.807, 2.05) is 6.07 Å². The number of carbonyl (C=O) groups excluding carboxylic acids is 2. The lowest BCUT2D eigenvalue weighted by atomic mass is 9.79. The number of ketones is 2. The van der Waals surface area contributed by atoms with Crippen LogP contribution < -0.4 is 5.19 Å². The van der Waals surface area contributed by atoms with Crippen molar-refractivity contribution in [2.24, 2.45) is 0 Å². The minimum absolute atomic E-state index is 0.103. The second kappa shape index (κ2) is 5.40. The Balaban J connectivity index is 2.10. The summed E-state index contributed by atoms with van der Waals surface area (Å²) in [5.41, 5.74) is 4.15. The molecule has 128 valence electrons. The Morgan fingerprint density at radius 3 is 2.32 bits per heavy atom. The third kappa shape index (κ3) is 2.31. The fourth-order valence-electron chi connectivity index (χ4n) is 4.39. The van der Waals surface area contributed by atoms with Crippen molar-refractivity contribution in [2.45, 2.75) is 45.3 Å². The number of aryl methyl sites for hydroxylation is 1. The predicted molar refractivity (Wildman–Crippen MR) is 101 cm³/mol. The van der Waals surface area contributed by atoms with E-state index in [0.29, 0.717) is 16.7 Å². The van der Waals surface area contributed by atoms with Crippen molar-refractivity contribution >= 4 is 24.8 Å². The Morgan fingerprint density at radius 2 is 1.60 bits per heavy atom. The van der Waals surface area contributed by atoms with E-state index < -0.39 is 8.07 Å². The molecular formula is C21H22O3Si. The fourth-order valence-corrected chi connectivity index (χ4v) is 6.57. The van der Waals surface area contributed by atoms with Gasteiger partial charge < -0.3 is 5.11 Å². The zero-order valence-corrected chi connectivity index (χ0v) is 15.9. The van der Waals surface area contributed by atoms with Gasteiger partial charge in [0, 0.05) is 16.7 Å². The largest absolute Gasteiger partial charge is 0.507 e. The lowest BCUT2D eigenvalue weighted by molar-refractivity contribution is 0.0977. The molecule has 1 N–H and O–H groups in total. The highest BCUT2D eigenvalue weighted by Gasteiger charge is 2.38. The highest BCUT2D eigenvalue weighted by molar-refractivity contribution is 6.90. The Kier molecular flexibility index (Phi) is 3.51. The van der Waals surface area contributed by atoms with Crippen molar-refractivity contribution in [3.8, 4) is 5.75 Å². The summed E-state index contributed by atoms with van der Waals surface area (Å²) in [5, 5.41) is 11.3. The molecule has 0 heterocycles.